The zero-order valence-electron chi connectivity index (χ0n) is 16.9. The van der Waals surface area contributed by atoms with Crippen LogP contribution in [0.15, 0.2) is 78.6 Å². The summed E-state index contributed by atoms with van der Waals surface area (Å²) in [5.74, 6) is -1.13. The predicted molar refractivity (Wildman–Crippen MR) is 120 cm³/mol. The van der Waals surface area contributed by atoms with E-state index in [9.17, 15) is 14.7 Å². The van der Waals surface area contributed by atoms with Crippen LogP contribution in [0.25, 0.3) is 6.08 Å². The molecule has 0 aliphatic carbocycles. The molecule has 3 N–H and O–H groups in total. The lowest BCUT2D eigenvalue weighted by atomic mass is 10.1. The van der Waals surface area contributed by atoms with Crippen molar-refractivity contribution < 1.29 is 14.7 Å². The van der Waals surface area contributed by atoms with Crippen molar-refractivity contribution in [1.29, 1.82) is 0 Å². The van der Waals surface area contributed by atoms with Crippen LogP contribution in [0.3, 0.4) is 0 Å². The van der Waals surface area contributed by atoms with Crippen molar-refractivity contribution in [3.63, 3.8) is 0 Å². The summed E-state index contributed by atoms with van der Waals surface area (Å²) in [6.07, 6.45) is 7.66. The molecule has 0 unspecified atom stereocenters. The third-order valence-corrected chi connectivity index (χ3v) is 5.05. The maximum Gasteiger partial charge on any atom is 0.352 e. The maximum atomic E-state index is 12.9. The topological polar surface area (TPSA) is 96.3 Å². The van der Waals surface area contributed by atoms with Gasteiger partial charge in [-0.2, -0.15) is 5.10 Å². The Kier molecular flexibility index (Phi) is 5.66. The number of allylic oxidation sites excluding steroid dienone is 2. The molecule has 1 aromatic heterocycles. The minimum Gasteiger partial charge on any atom is -0.477 e. The van der Waals surface area contributed by atoms with E-state index in [0.717, 1.165) is 12.0 Å². The van der Waals surface area contributed by atoms with Crippen LogP contribution in [0.4, 0.5) is 11.5 Å². The number of nitrogens with zero attached hydrogens (tertiary/aromatic N) is 2. The Balaban J connectivity index is 1.62. The number of amides is 1. The molecule has 7 nitrogen and oxygen atoms in total. The Bertz CT molecular complexity index is 1160. The van der Waals surface area contributed by atoms with Crippen molar-refractivity contribution >= 4 is 29.5 Å². The monoisotopic (exact) mass is 414 g/mol. The van der Waals surface area contributed by atoms with Crippen molar-refractivity contribution in [3.05, 3.63) is 95.3 Å². The molecule has 1 aliphatic heterocycles. The second kappa shape index (κ2) is 8.71. The van der Waals surface area contributed by atoms with Crippen molar-refractivity contribution in [2.75, 3.05) is 10.6 Å². The Hall–Kier alpha value is -4.13. The summed E-state index contributed by atoms with van der Waals surface area (Å²) in [6.45, 7) is 2.06. The molecule has 0 radical (unpaired) electrons. The van der Waals surface area contributed by atoms with Crippen molar-refractivity contribution in [2.45, 2.75) is 19.4 Å². The first-order valence-electron chi connectivity index (χ1n) is 9.98. The summed E-state index contributed by atoms with van der Waals surface area (Å²) in [4.78, 5) is 24.5. The van der Waals surface area contributed by atoms with E-state index in [1.807, 2.05) is 66.7 Å². The van der Waals surface area contributed by atoms with Gasteiger partial charge in [0.25, 0.3) is 5.91 Å². The van der Waals surface area contributed by atoms with Gasteiger partial charge in [0.05, 0.1) is 12.2 Å². The first-order chi connectivity index (χ1) is 15.0. The van der Waals surface area contributed by atoms with Gasteiger partial charge >= 0.3 is 5.97 Å². The number of hydrogen-bond acceptors (Lipinski definition) is 4. The minimum atomic E-state index is -1.10. The highest BCUT2D eigenvalue weighted by molar-refractivity contribution is 6.08. The van der Waals surface area contributed by atoms with Crippen molar-refractivity contribution in [3.8, 4) is 0 Å². The van der Waals surface area contributed by atoms with Gasteiger partial charge in [-0.05, 0) is 35.8 Å². The summed E-state index contributed by atoms with van der Waals surface area (Å²) in [6, 6.07) is 16.8. The van der Waals surface area contributed by atoms with Crippen LogP contribution in [-0.4, -0.2) is 26.8 Å². The molecule has 0 fully saturated rings. The van der Waals surface area contributed by atoms with Crippen LogP contribution < -0.4 is 10.6 Å². The number of carboxylic acids is 1. The fraction of sp³-hybridized carbons (Fsp3) is 0.125. The van der Waals surface area contributed by atoms with E-state index in [0.29, 0.717) is 11.5 Å². The van der Waals surface area contributed by atoms with Crippen LogP contribution >= 0.6 is 0 Å². The van der Waals surface area contributed by atoms with Crippen molar-refractivity contribution in [2.24, 2.45) is 0 Å². The number of nitrogens with one attached hydrogen (secondary N) is 2. The molecule has 0 saturated heterocycles. The van der Waals surface area contributed by atoms with E-state index in [1.54, 1.807) is 10.8 Å². The smallest absolute Gasteiger partial charge is 0.352 e. The standard InChI is InChI=1S/C24H22N4O3/c1-2-16-8-11-18(12-9-16)26-23(29)20-15-25-28-19(13-10-17-6-4-3-5-7-17)14-21(24(30)31)27-22(20)28/h3-15,19,27H,2H2,1H3,(H,26,29)(H,30,31)/b13-10+/t19-/m0/s1. The molecule has 0 saturated carbocycles. The average Bonchev–Trinajstić information content (AvgIpc) is 3.23. The lowest BCUT2D eigenvalue weighted by molar-refractivity contribution is -0.132. The molecule has 2 aromatic carbocycles. The highest BCUT2D eigenvalue weighted by Crippen LogP contribution is 2.29. The van der Waals surface area contributed by atoms with Gasteiger partial charge in [-0.1, -0.05) is 61.5 Å². The summed E-state index contributed by atoms with van der Waals surface area (Å²) >= 11 is 0. The van der Waals surface area contributed by atoms with E-state index in [4.69, 9.17) is 0 Å². The van der Waals surface area contributed by atoms with Gasteiger partial charge in [-0.3, -0.25) is 4.79 Å². The molecule has 1 atom stereocenters. The minimum absolute atomic E-state index is 0.00272. The zero-order chi connectivity index (χ0) is 21.8. The fourth-order valence-corrected chi connectivity index (χ4v) is 3.35. The van der Waals surface area contributed by atoms with E-state index in [2.05, 4.69) is 22.7 Å². The van der Waals surface area contributed by atoms with Crippen LogP contribution in [0.5, 0.6) is 0 Å². The molecular weight excluding hydrogens is 392 g/mol. The second-order valence-electron chi connectivity index (χ2n) is 7.13. The zero-order valence-corrected chi connectivity index (χ0v) is 16.9. The summed E-state index contributed by atoms with van der Waals surface area (Å²) in [5, 5.41) is 19.5. The Morgan fingerprint density at radius 1 is 1.16 bits per heavy atom. The van der Waals surface area contributed by atoms with E-state index in [1.165, 1.54) is 11.8 Å². The number of carbonyl (C=O) groups excluding carboxylic acids is 1. The van der Waals surface area contributed by atoms with E-state index >= 15 is 0 Å². The van der Waals surface area contributed by atoms with Crippen LogP contribution in [-0.2, 0) is 11.2 Å². The summed E-state index contributed by atoms with van der Waals surface area (Å²) < 4.78 is 1.60. The normalized spacial score (nSPS) is 15.1. The van der Waals surface area contributed by atoms with Crippen LogP contribution in [0, 0.1) is 0 Å². The number of aliphatic carboxylic acids is 1. The first kappa shape index (κ1) is 20.2. The van der Waals surface area contributed by atoms with E-state index in [-0.39, 0.29) is 17.2 Å². The molecule has 2 heterocycles. The molecule has 0 spiro atoms. The Labute approximate surface area is 179 Å². The van der Waals surface area contributed by atoms with Gasteiger partial charge in [-0.25, -0.2) is 9.48 Å². The molecule has 1 aliphatic rings. The number of aromatic nitrogens is 2. The lowest BCUT2D eigenvalue weighted by Gasteiger charge is -2.22. The van der Waals surface area contributed by atoms with Gasteiger partial charge in [-0.15, -0.1) is 0 Å². The number of anilines is 2. The largest absolute Gasteiger partial charge is 0.477 e. The number of fused-ring (bicyclic) bond motifs is 1. The second-order valence-corrected chi connectivity index (χ2v) is 7.13. The Morgan fingerprint density at radius 2 is 1.90 bits per heavy atom. The fourth-order valence-electron chi connectivity index (χ4n) is 3.35. The molecule has 7 heteroatoms. The highest BCUT2D eigenvalue weighted by Gasteiger charge is 2.27. The van der Waals surface area contributed by atoms with Gasteiger partial charge in [0.1, 0.15) is 17.1 Å². The predicted octanol–water partition coefficient (Wildman–Crippen LogP) is 4.35. The van der Waals surface area contributed by atoms with Crippen LogP contribution in [0.2, 0.25) is 0 Å². The SMILES string of the molecule is CCc1ccc(NC(=O)c2cnn3c2NC(C(=O)O)=C[C@@H]3/C=C/c2ccccc2)cc1. The maximum absolute atomic E-state index is 12.9. The first-order valence-corrected chi connectivity index (χ1v) is 9.98. The van der Waals surface area contributed by atoms with Gasteiger partial charge in [0.2, 0.25) is 0 Å². The van der Waals surface area contributed by atoms with E-state index < -0.39 is 12.0 Å². The third kappa shape index (κ3) is 4.40. The molecule has 3 aromatic rings. The molecular formula is C24H22N4O3. The van der Waals surface area contributed by atoms with Gasteiger partial charge in [0, 0.05) is 5.69 Å². The number of aryl methyl sites for hydroxylation is 1. The number of benzene rings is 2. The molecule has 156 valence electrons. The summed E-state index contributed by atoms with van der Waals surface area (Å²) in [7, 11) is 0. The number of rotatable bonds is 6. The third-order valence-electron chi connectivity index (χ3n) is 5.05. The molecule has 4 rings (SSSR count). The average molecular weight is 414 g/mol. The van der Waals surface area contributed by atoms with Crippen LogP contribution in [0.1, 0.15) is 34.5 Å². The quantitative estimate of drug-likeness (QED) is 0.557. The number of hydrogen-bond donors (Lipinski definition) is 3. The molecule has 0 bridgehead atoms. The summed E-state index contributed by atoms with van der Waals surface area (Å²) in [5.41, 5.74) is 3.08. The molecule has 1 amide bonds. The number of carboxylic acid groups (broad SMARTS) is 1. The highest BCUT2D eigenvalue weighted by atomic mass is 16.4. The Morgan fingerprint density at radius 3 is 2.58 bits per heavy atom. The van der Waals surface area contributed by atoms with Gasteiger partial charge < -0.3 is 15.7 Å². The number of carbonyl (C=O) groups is 2. The lowest BCUT2D eigenvalue weighted by Crippen LogP contribution is -2.24. The molecule has 31 heavy (non-hydrogen) atoms. The van der Waals surface area contributed by atoms with Gasteiger partial charge in [0.15, 0.2) is 0 Å². The van der Waals surface area contributed by atoms with Crippen molar-refractivity contribution in [1.82, 2.24) is 9.78 Å².